The molecule has 32 heavy (non-hydrogen) atoms. The number of thioether (sulfide) groups is 1. The van der Waals surface area contributed by atoms with E-state index in [1.165, 1.54) is 42.6 Å². The van der Waals surface area contributed by atoms with Gasteiger partial charge >= 0.3 is 19.4 Å². The van der Waals surface area contributed by atoms with Crippen LogP contribution in [-0.2, 0) is 18.6 Å². The van der Waals surface area contributed by atoms with Gasteiger partial charge in [0.05, 0.1) is 30.4 Å². The largest absolute Gasteiger partial charge is 0.468 e. The van der Waals surface area contributed by atoms with Gasteiger partial charge in [0.15, 0.2) is 0 Å². The number of aliphatic hydroxyl groups excluding tert-OH is 1. The van der Waals surface area contributed by atoms with Gasteiger partial charge in [-0.1, -0.05) is 18.2 Å². The Morgan fingerprint density at radius 1 is 1.41 bits per heavy atom. The van der Waals surface area contributed by atoms with Gasteiger partial charge < -0.3 is 20.1 Å². The quantitative estimate of drug-likeness (QED) is 0.351. The highest BCUT2D eigenvalue weighted by Crippen LogP contribution is 2.48. The third kappa shape index (κ3) is 6.11. The van der Waals surface area contributed by atoms with E-state index < -0.39 is 42.2 Å². The van der Waals surface area contributed by atoms with Gasteiger partial charge in [-0.25, -0.2) is 9.36 Å². The molecule has 2 heterocycles. The smallest absolute Gasteiger partial charge is 0.459 e. The zero-order chi connectivity index (χ0) is 23.3. The molecule has 1 saturated heterocycles. The highest BCUT2D eigenvalue weighted by atomic mass is 32.2. The normalized spacial score (nSPS) is 23.3. The van der Waals surface area contributed by atoms with Gasteiger partial charge in [-0.3, -0.25) is 13.9 Å². The lowest BCUT2D eigenvalue weighted by molar-refractivity contribution is -0.142. The lowest BCUT2D eigenvalue weighted by Gasteiger charge is -2.24. The fourth-order valence-electron chi connectivity index (χ4n) is 3.03. The number of para-hydroxylation sites is 1. The fraction of sp³-hybridized carbons (Fsp3) is 0.421. The predicted molar refractivity (Wildman–Crippen MR) is 119 cm³/mol. The highest BCUT2D eigenvalue weighted by molar-refractivity contribution is 8.00. The third-order valence-corrected chi connectivity index (χ3v) is 7.83. The van der Waals surface area contributed by atoms with E-state index in [1.54, 1.807) is 30.3 Å². The van der Waals surface area contributed by atoms with Crippen molar-refractivity contribution in [3.8, 4) is 5.75 Å². The Morgan fingerprint density at radius 3 is 2.78 bits per heavy atom. The Balaban J connectivity index is 1.71. The van der Waals surface area contributed by atoms with Crippen molar-refractivity contribution in [2.24, 2.45) is 0 Å². The monoisotopic (exact) mass is 484 g/mol. The number of hydrogen-bond donors (Lipinski definition) is 3. The summed E-state index contributed by atoms with van der Waals surface area (Å²) in [6, 6.07) is 8.88. The minimum atomic E-state index is -4.02. The van der Waals surface area contributed by atoms with Crippen LogP contribution in [0.15, 0.2) is 47.4 Å². The van der Waals surface area contributed by atoms with Gasteiger partial charge in [0, 0.05) is 12.6 Å². The van der Waals surface area contributed by atoms with E-state index in [1.807, 2.05) is 0 Å². The van der Waals surface area contributed by atoms with Crippen LogP contribution in [0.4, 0.5) is 5.82 Å². The maximum absolute atomic E-state index is 13.4. The summed E-state index contributed by atoms with van der Waals surface area (Å²) in [5, 5.41) is 12.1. The second kappa shape index (κ2) is 10.5. The second-order valence-electron chi connectivity index (χ2n) is 7.05. The van der Waals surface area contributed by atoms with E-state index in [4.69, 9.17) is 14.8 Å². The van der Waals surface area contributed by atoms with Crippen molar-refractivity contribution in [3.63, 3.8) is 0 Å². The average Bonchev–Trinajstić information content (AvgIpc) is 3.12. The molecule has 3 rings (SSSR count). The molecule has 0 spiro atoms. The van der Waals surface area contributed by atoms with Crippen LogP contribution in [0.25, 0.3) is 0 Å². The minimum absolute atomic E-state index is 0.111. The number of carbonyl (C=O) groups is 1. The predicted octanol–water partition coefficient (Wildman–Crippen LogP) is 1.55. The highest BCUT2D eigenvalue weighted by Gasteiger charge is 2.39. The molecule has 0 saturated carbocycles. The number of aliphatic hydroxyl groups is 1. The van der Waals surface area contributed by atoms with E-state index in [2.05, 4.69) is 14.8 Å². The van der Waals surface area contributed by atoms with Crippen molar-refractivity contribution in [2.45, 2.75) is 36.1 Å². The zero-order valence-corrected chi connectivity index (χ0v) is 19.2. The summed E-state index contributed by atoms with van der Waals surface area (Å²) in [5.41, 5.74) is 5.00. The van der Waals surface area contributed by atoms with E-state index >= 15 is 0 Å². The number of carbonyl (C=O) groups excluding carboxylic acids is 1. The first-order valence-corrected chi connectivity index (χ1v) is 12.2. The first kappa shape index (κ1) is 24.3. The van der Waals surface area contributed by atoms with E-state index in [9.17, 15) is 19.3 Å². The number of rotatable bonds is 9. The number of nitrogens with zero attached hydrogens (tertiary/aromatic N) is 2. The maximum atomic E-state index is 13.4. The summed E-state index contributed by atoms with van der Waals surface area (Å²) in [6.45, 7) is 1.30. The Hall–Kier alpha value is -2.37. The van der Waals surface area contributed by atoms with Crippen LogP contribution >= 0.6 is 19.5 Å². The average molecular weight is 484 g/mol. The van der Waals surface area contributed by atoms with E-state index in [0.29, 0.717) is 0 Å². The van der Waals surface area contributed by atoms with Gasteiger partial charge in [-0.2, -0.15) is 10.1 Å². The topological polar surface area (TPSA) is 155 Å². The molecule has 1 aliphatic heterocycles. The van der Waals surface area contributed by atoms with Crippen molar-refractivity contribution < 1.29 is 28.3 Å². The standard InChI is InChI=1S/C19H25N4O7PS/c1-12(18(25)28-2)22-31(27,30-13-6-4-3-5-7-13)29-11-15-14(24)10-17(32-15)23-9-8-16(20)21-19(23)26/h3-9,12,14-15,17,24H,10-11H2,1-2H3,(H,22,27)(H2,20,21,26)/t12-,14?,15+,17+,31?/m0/s1. The molecule has 0 bridgehead atoms. The number of nitrogens with two attached hydrogens (primary N) is 1. The lowest BCUT2D eigenvalue weighted by Crippen LogP contribution is -2.35. The van der Waals surface area contributed by atoms with Crippen LogP contribution in [0.2, 0.25) is 0 Å². The van der Waals surface area contributed by atoms with Crippen LogP contribution in [0.5, 0.6) is 5.75 Å². The number of nitrogen functional groups attached to an aromatic ring is 1. The molecule has 2 aromatic rings. The van der Waals surface area contributed by atoms with Gasteiger partial charge in [0.1, 0.15) is 17.6 Å². The molecular weight excluding hydrogens is 459 g/mol. The summed E-state index contributed by atoms with van der Waals surface area (Å²) in [5.74, 6) is -0.257. The Labute approximate surface area is 188 Å². The van der Waals surface area contributed by atoms with Crippen molar-refractivity contribution in [2.75, 3.05) is 19.5 Å². The molecule has 13 heteroatoms. The summed E-state index contributed by atoms with van der Waals surface area (Å²) in [6.07, 6.45) is 0.944. The van der Waals surface area contributed by atoms with Crippen molar-refractivity contribution >= 4 is 31.3 Å². The molecule has 1 aromatic carbocycles. The van der Waals surface area contributed by atoms with E-state index in [-0.39, 0.29) is 24.6 Å². The van der Waals surface area contributed by atoms with E-state index in [0.717, 1.165) is 0 Å². The number of hydrogen-bond acceptors (Lipinski definition) is 10. The molecule has 0 aliphatic carbocycles. The molecule has 4 N–H and O–H groups in total. The van der Waals surface area contributed by atoms with Crippen LogP contribution in [0.3, 0.4) is 0 Å². The molecule has 174 valence electrons. The Kier molecular flexibility index (Phi) is 7.96. The number of nitrogens with one attached hydrogen (secondary N) is 1. The minimum Gasteiger partial charge on any atom is -0.468 e. The SMILES string of the molecule is COC(=O)[C@H](C)NP(=O)(OC[C@H]1S[C@@H](n2ccc(N)nc2=O)CC1O)Oc1ccccc1. The molecule has 0 radical (unpaired) electrons. The Bertz CT molecular complexity index is 1040. The molecule has 0 amide bonds. The number of aromatic nitrogens is 2. The van der Waals surface area contributed by atoms with Gasteiger partial charge in [0.25, 0.3) is 0 Å². The molecule has 5 atom stereocenters. The van der Waals surface area contributed by atoms with Crippen molar-refractivity contribution in [1.29, 1.82) is 0 Å². The van der Waals surface area contributed by atoms with Crippen molar-refractivity contribution in [1.82, 2.24) is 14.6 Å². The van der Waals surface area contributed by atoms with Gasteiger partial charge in [-0.05, 0) is 25.1 Å². The maximum Gasteiger partial charge on any atom is 0.459 e. The Morgan fingerprint density at radius 2 is 2.12 bits per heavy atom. The molecular formula is C19H25N4O7PS. The molecule has 1 fully saturated rings. The number of methoxy groups -OCH3 is 1. The first-order chi connectivity index (χ1) is 15.2. The fourth-order valence-corrected chi connectivity index (χ4v) is 6.09. The molecule has 1 aromatic heterocycles. The van der Waals surface area contributed by atoms with Crippen LogP contribution in [0, 0.1) is 0 Å². The van der Waals surface area contributed by atoms with Crippen molar-refractivity contribution in [3.05, 3.63) is 53.1 Å². The lowest BCUT2D eigenvalue weighted by atomic mass is 10.2. The number of benzene rings is 1. The van der Waals surface area contributed by atoms with Crippen LogP contribution in [0.1, 0.15) is 18.7 Å². The summed E-state index contributed by atoms with van der Waals surface area (Å²) < 4.78 is 30.6. The third-order valence-electron chi connectivity index (χ3n) is 4.65. The van der Waals surface area contributed by atoms with Crippen LogP contribution in [-0.4, -0.2) is 51.7 Å². The molecule has 11 nitrogen and oxygen atoms in total. The number of ether oxygens (including phenoxy) is 1. The summed E-state index contributed by atoms with van der Waals surface area (Å²) in [4.78, 5) is 27.6. The first-order valence-electron chi connectivity index (χ1n) is 9.74. The number of anilines is 1. The molecule has 1 aliphatic rings. The molecule has 2 unspecified atom stereocenters. The summed E-state index contributed by atoms with van der Waals surface area (Å²) in [7, 11) is -2.81. The number of esters is 1. The van der Waals surface area contributed by atoms with Gasteiger partial charge in [0.2, 0.25) is 0 Å². The van der Waals surface area contributed by atoms with Crippen LogP contribution < -0.4 is 21.0 Å². The zero-order valence-electron chi connectivity index (χ0n) is 17.5. The second-order valence-corrected chi connectivity index (χ2v) is 10.2. The summed E-state index contributed by atoms with van der Waals surface area (Å²) >= 11 is 1.28. The van der Waals surface area contributed by atoms with Gasteiger partial charge in [-0.15, -0.1) is 11.8 Å².